The summed E-state index contributed by atoms with van der Waals surface area (Å²) in [7, 11) is 0. The number of carbonyl (C=O) groups excluding carboxylic acids is 2. The third kappa shape index (κ3) is 16.0. The lowest BCUT2D eigenvalue weighted by molar-refractivity contribution is -0.332. The lowest BCUT2D eigenvalue weighted by Crippen LogP contribution is -2.61. The molecule has 0 spiro atoms. The van der Waals surface area contributed by atoms with E-state index < -0.39 is 92.7 Å². The molecule has 50 heavy (non-hydrogen) atoms. The van der Waals surface area contributed by atoms with Gasteiger partial charge < -0.3 is 64.2 Å². The highest BCUT2D eigenvalue weighted by Gasteiger charge is 2.47. The van der Waals surface area contributed by atoms with Crippen molar-refractivity contribution in [3.8, 4) is 0 Å². The summed E-state index contributed by atoms with van der Waals surface area (Å²) in [5.74, 6) is -0.939. The molecule has 0 aromatic rings. The first-order chi connectivity index (χ1) is 24.0. The fourth-order valence-electron chi connectivity index (χ4n) is 5.86. The van der Waals surface area contributed by atoms with Crippen molar-refractivity contribution < 1.29 is 73.8 Å². The van der Waals surface area contributed by atoms with Crippen molar-refractivity contribution in [3.63, 3.8) is 0 Å². The van der Waals surface area contributed by atoms with Crippen LogP contribution in [0.5, 0.6) is 0 Å². The predicted octanol–water partition coefficient (Wildman–Crippen LogP) is 1.36. The van der Waals surface area contributed by atoms with Crippen molar-refractivity contribution in [2.24, 2.45) is 0 Å². The summed E-state index contributed by atoms with van der Waals surface area (Å²) in [6.07, 6.45) is -1.99. The van der Waals surface area contributed by atoms with Gasteiger partial charge in [-0.25, -0.2) is 0 Å². The second-order valence-corrected chi connectivity index (χ2v) is 13.4. The van der Waals surface area contributed by atoms with Crippen LogP contribution >= 0.6 is 0 Å². The van der Waals surface area contributed by atoms with Crippen molar-refractivity contribution in [3.05, 3.63) is 0 Å². The number of aliphatic hydroxyl groups excluding tert-OH is 7. The molecule has 2 heterocycles. The van der Waals surface area contributed by atoms with Crippen molar-refractivity contribution in [1.82, 2.24) is 0 Å². The zero-order valence-corrected chi connectivity index (χ0v) is 29.9. The summed E-state index contributed by atoms with van der Waals surface area (Å²) in [5, 5.41) is 71.3. The van der Waals surface area contributed by atoms with Crippen LogP contribution in [0.2, 0.25) is 0 Å². The molecule has 11 atom stereocenters. The molecule has 7 N–H and O–H groups in total. The molecular formula is C35H64O15. The molecule has 15 heteroatoms. The molecule has 2 saturated heterocycles. The molecule has 0 bridgehead atoms. The minimum Gasteiger partial charge on any atom is -0.462 e. The van der Waals surface area contributed by atoms with E-state index in [4.69, 9.17) is 28.4 Å². The Kier molecular flexibility index (Phi) is 22.8. The van der Waals surface area contributed by atoms with E-state index in [2.05, 4.69) is 13.8 Å². The van der Waals surface area contributed by atoms with E-state index in [0.717, 1.165) is 51.4 Å². The minimum atomic E-state index is -1.75. The summed E-state index contributed by atoms with van der Waals surface area (Å²) in [6, 6.07) is 0. The lowest BCUT2D eigenvalue weighted by atomic mass is 9.98. The van der Waals surface area contributed by atoms with Gasteiger partial charge in [-0.15, -0.1) is 0 Å². The Morgan fingerprint density at radius 1 is 0.560 bits per heavy atom. The first-order valence-electron chi connectivity index (χ1n) is 18.6. The Balaban J connectivity index is 1.94. The summed E-state index contributed by atoms with van der Waals surface area (Å²) in [4.78, 5) is 25.1. The molecule has 2 aliphatic heterocycles. The van der Waals surface area contributed by atoms with Gasteiger partial charge in [0.1, 0.15) is 55.4 Å². The number of hydrogen-bond acceptors (Lipinski definition) is 15. The second kappa shape index (κ2) is 25.5. The summed E-state index contributed by atoms with van der Waals surface area (Å²) < 4.78 is 33.1. The van der Waals surface area contributed by atoms with Gasteiger partial charge in [0, 0.05) is 12.8 Å². The van der Waals surface area contributed by atoms with Gasteiger partial charge in [-0.2, -0.15) is 0 Å². The molecule has 294 valence electrons. The molecular weight excluding hydrogens is 660 g/mol. The molecule has 0 aromatic carbocycles. The Morgan fingerprint density at radius 2 is 1.02 bits per heavy atom. The van der Waals surface area contributed by atoms with Crippen LogP contribution < -0.4 is 0 Å². The van der Waals surface area contributed by atoms with E-state index in [9.17, 15) is 45.3 Å². The van der Waals surface area contributed by atoms with Crippen molar-refractivity contribution in [2.45, 2.75) is 184 Å². The highest BCUT2D eigenvalue weighted by Crippen LogP contribution is 2.26. The van der Waals surface area contributed by atoms with Crippen LogP contribution in [0.3, 0.4) is 0 Å². The second-order valence-electron chi connectivity index (χ2n) is 13.4. The van der Waals surface area contributed by atoms with Crippen LogP contribution in [-0.4, -0.2) is 142 Å². The largest absolute Gasteiger partial charge is 0.462 e. The highest BCUT2D eigenvalue weighted by atomic mass is 16.7. The number of ether oxygens (including phenoxy) is 6. The number of carbonyl (C=O) groups is 2. The zero-order valence-electron chi connectivity index (χ0n) is 29.9. The molecule has 2 aliphatic rings. The maximum absolute atomic E-state index is 12.7. The summed E-state index contributed by atoms with van der Waals surface area (Å²) in [6.45, 7) is 2.43. The maximum Gasteiger partial charge on any atom is 0.306 e. The third-order valence-electron chi connectivity index (χ3n) is 9.09. The summed E-state index contributed by atoms with van der Waals surface area (Å²) in [5.41, 5.74) is 0. The third-order valence-corrected chi connectivity index (χ3v) is 9.09. The van der Waals surface area contributed by atoms with Gasteiger partial charge in [-0.05, 0) is 12.8 Å². The smallest absolute Gasteiger partial charge is 0.306 e. The van der Waals surface area contributed by atoms with Crippen LogP contribution in [0.1, 0.15) is 117 Å². The van der Waals surface area contributed by atoms with E-state index in [1.165, 1.54) is 25.7 Å². The normalized spacial score (nSPS) is 30.6. The van der Waals surface area contributed by atoms with E-state index in [0.29, 0.717) is 12.8 Å². The molecule has 2 rings (SSSR count). The monoisotopic (exact) mass is 724 g/mol. The van der Waals surface area contributed by atoms with Crippen LogP contribution in [0.15, 0.2) is 0 Å². The highest BCUT2D eigenvalue weighted by molar-refractivity contribution is 5.70. The minimum absolute atomic E-state index is 0.169. The van der Waals surface area contributed by atoms with E-state index >= 15 is 0 Å². The van der Waals surface area contributed by atoms with Gasteiger partial charge in [-0.3, -0.25) is 9.59 Å². The number of unbranched alkanes of at least 4 members (excludes halogenated alkanes) is 12. The van der Waals surface area contributed by atoms with E-state index in [1.807, 2.05) is 0 Å². The number of hydrogen-bond donors (Lipinski definition) is 7. The van der Waals surface area contributed by atoms with E-state index in [-0.39, 0.29) is 26.1 Å². The van der Waals surface area contributed by atoms with Crippen LogP contribution in [0.25, 0.3) is 0 Å². The number of rotatable bonds is 26. The van der Waals surface area contributed by atoms with Crippen molar-refractivity contribution in [2.75, 3.05) is 26.4 Å². The molecule has 15 nitrogen and oxygen atoms in total. The van der Waals surface area contributed by atoms with Crippen molar-refractivity contribution in [1.29, 1.82) is 0 Å². The van der Waals surface area contributed by atoms with Gasteiger partial charge >= 0.3 is 11.9 Å². The van der Waals surface area contributed by atoms with Gasteiger partial charge in [0.05, 0.1) is 19.8 Å². The zero-order chi connectivity index (χ0) is 36.9. The first-order valence-corrected chi connectivity index (χ1v) is 18.6. The molecule has 0 amide bonds. The molecule has 2 fully saturated rings. The Hall–Kier alpha value is -1.50. The summed E-state index contributed by atoms with van der Waals surface area (Å²) >= 11 is 0. The predicted molar refractivity (Wildman–Crippen MR) is 178 cm³/mol. The van der Waals surface area contributed by atoms with Crippen molar-refractivity contribution >= 4 is 11.9 Å². The Labute approximate surface area is 296 Å². The molecule has 0 unspecified atom stereocenters. The molecule has 0 aromatic heterocycles. The Morgan fingerprint density at radius 3 is 1.56 bits per heavy atom. The Bertz CT molecular complexity index is 907. The van der Waals surface area contributed by atoms with Crippen LogP contribution in [0.4, 0.5) is 0 Å². The van der Waals surface area contributed by atoms with Crippen LogP contribution in [-0.2, 0) is 38.0 Å². The van der Waals surface area contributed by atoms with E-state index in [1.54, 1.807) is 0 Å². The maximum atomic E-state index is 12.7. The average molecular weight is 725 g/mol. The molecule has 0 radical (unpaired) electrons. The molecule has 0 saturated carbocycles. The van der Waals surface area contributed by atoms with Gasteiger partial charge in [0.2, 0.25) is 0 Å². The quantitative estimate of drug-likeness (QED) is 0.0493. The lowest BCUT2D eigenvalue weighted by Gasteiger charge is -2.42. The standard InChI is InChI=1S/C35H64O15/c1-3-5-7-9-11-12-14-16-18-27(38)48-23(20-45-26(37)17-15-13-10-8-6-4-2)21-46-34-33(44)31(42)29(40)25(50-34)22-47-35-32(43)30(41)28(39)24(19-36)49-35/h23-25,28-36,39-44H,3-22H2,1-2H3/t23-,24-,25-,28+,29+,30+,31+,32-,33-,34-,35+/m1/s1. The fourth-order valence-corrected chi connectivity index (χ4v) is 5.86. The van der Waals surface area contributed by atoms with Crippen LogP contribution in [0, 0.1) is 0 Å². The SMILES string of the molecule is CCCCCCCCCCC(=O)O[C@H](COC(=O)CCCCCCCC)CO[C@@H]1O[C@H](CO[C@H]2O[C@H](CO)[C@H](O)[C@H](O)[C@H]2O)[C@H](O)[C@H](O)[C@H]1O. The van der Waals surface area contributed by atoms with Gasteiger partial charge in [-0.1, -0.05) is 90.9 Å². The van der Waals surface area contributed by atoms with Gasteiger partial charge in [0.25, 0.3) is 0 Å². The van der Waals surface area contributed by atoms with Gasteiger partial charge in [0.15, 0.2) is 18.7 Å². The average Bonchev–Trinajstić information content (AvgIpc) is 3.10. The first kappa shape index (κ1) is 44.7. The topological polar surface area (TPSA) is 231 Å². The number of esters is 2. The number of aliphatic hydroxyl groups is 7. The fraction of sp³-hybridized carbons (Fsp3) is 0.943. The molecule has 0 aliphatic carbocycles.